The van der Waals surface area contributed by atoms with Crippen molar-refractivity contribution in [3.05, 3.63) is 114 Å². The third-order valence-corrected chi connectivity index (χ3v) is 6.29. The molecule has 1 unspecified atom stereocenters. The molecule has 5 rings (SSSR count). The number of carbonyl (C=O) groups excluding carboxylic acids is 1. The van der Waals surface area contributed by atoms with Crippen LogP contribution in [0.4, 0.5) is 0 Å². The standard InChI is InChI=1S/C25H17BrClNO3/c1-14-5-7-15(8-6-14)13-28-22(16-3-2-4-17(26)11-16)21-23(29)19-12-18(27)9-10-20(19)31-24(21)25(28)30/h2-12,22H,13H2,1H3. The number of halogens is 2. The van der Waals surface area contributed by atoms with Gasteiger partial charge in [-0.2, -0.15) is 0 Å². The first-order chi connectivity index (χ1) is 14.9. The summed E-state index contributed by atoms with van der Waals surface area (Å²) in [7, 11) is 0. The van der Waals surface area contributed by atoms with Crippen LogP contribution in [-0.4, -0.2) is 10.8 Å². The van der Waals surface area contributed by atoms with E-state index in [1.54, 1.807) is 23.1 Å². The van der Waals surface area contributed by atoms with Crippen LogP contribution in [0.15, 0.2) is 80.4 Å². The van der Waals surface area contributed by atoms with Gasteiger partial charge in [-0.05, 0) is 48.4 Å². The lowest BCUT2D eigenvalue weighted by molar-refractivity contribution is 0.0714. The topological polar surface area (TPSA) is 50.5 Å². The predicted molar refractivity (Wildman–Crippen MR) is 125 cm³/mol. The van der Waals surface area contributed by atoms with Crippen molar-refractivity contribution in [3.8, 4) is 0 Å². The molecule has 0 radical (unpaired) electrons. The van der Waals surface area contributed by atoms with E-state index in [0.29, 0.717) is 28.1 Å². The third-order valence-electron chi connectivity index (χ3n) is 5.57. The molecule has 0 saturated carbocycles. The second kappa shape index (κ2) is 7.66. The first-order valence-electron chi connectivity index (χ1n) is 9.80. The summed E-state index contributed by atoms with van der Waals surface area (Å²) in [5, 5.41) is 0.816. The molecule has 1 aromatic heterocycles. The number of aryl methyl sites for hydroxylation is 1. The van der Waals surface area contributed by atoms with Gasteiger partial charge in [0.2, 0.25) is 5.76 Å². The van der Waals surface area contributed by atoms with E-state index in [9.17, 15) is 9.59 Å². The van der Waals surface area contributed by atoms with Gasteiger partial charge in [-0.3, -0.25) is 9.59 Å². The fourth-order valence-electron chi connectivity index (χ4n) is 4.07. The SMILES string of the molecule is Cc1ccc(CN2C(=O)c3oc4ccc(Cl)cc4c(=O)c3C2c2cccc(Br)c2)cc1. The molecule has 0 spiro atoms. The fraction of sp³-hybridized carbons (Fsp3) is 0.120. The zero-order valence-electron chi connectivity index (χ0n) is 16.6. The van der Waals surface area contributed by atoms with Crippen molar-refractivity contribution < 1.29 is 9.21 Å². The predicted octanol–water partition coefficient (Wildman–Crippen LogP) is 6.26. The number of amides is 1. The molecule has 2 heterocycles. The number of benzene rings is 3. The van der Waals surface area contributed by atoms with Crippen molar-refractivity contribution in [3.63, 3.8) is 0 Å². The zero-order valence-corrected chi connectivity index (χ0v) is 18.9. The molecular weight excluding hydrogens is 478 g/mol. The number of carbonyl (C=O) groups is 1. The summed E-state index contributed by atoms with van der Waals surface area (Å²) >= 11 is 9.63. The van der Waals surface area contributed by atoms with Crippen LogP contribution >= 0.6 is 27.5 Å². The Hall–Kier alpha value is -2.89. The van der Waals surface area contributed by atoms with Crippen molar-refractivity contribution in [2.45, 2.75) is 19.5 Å². The summed E-state index contributed by atoms with van der Waals surface area (Å²) in [6.45, 7) is 2.38. The summed E-state index contributed by atoms with van der Waals surface area (Å²) in [6, 6.07) is 20.0. The third kappa shape index (κ3) is 3.48. The van der Waals surface area contributed by atoms with Gasteiger partial charge in [0.25, 0.3) is 5.91 Å². The van der Waals surface area contributed by atoms with Gasteiger partial charge in [-0.25, -0.2) is 0 Å². The number of rotatable bonds is 3. The van der Waals surface area contributed by atoms with Crippen LogP contribution in [0.1, 0.15) is 38.9 Å². The molecule has 1 aliphatic rings. The Labute approximate surface area is 192 Å². The highest BCUT2D eigenvalue weighted by Crippen LogP contribution is 2.40. The molecular formula is C25H17BrClNO3. The Bertz CT molecular complexity index is 1390. The van der Waals surface area contributed by atoms with Crippen molar-refractivity contribution in [2.75, 3.05) is 0 Å². The minimum Gasteiger partial charge on any atom is -0.450 e. The first-order valence-corrected chi connectivity index (χ1v) is 11.0. The molecule has 1 amide bonds. The highest BCUT2D eigenvalue weighted by Gasteiger charge is 2.42. The summed E-state index contributed by atoms with van der Waals surface area (Å²) in [5.74, 6) is -0.202. The zero-order chi connectivity index (χ0) is 21.7. The van der Waals surface area contributed by atoms with Gasteiger partial charge in [0.1, 0.15) is 5.58 Å². The van der Waals surface area contributed by atoms with Gasteiger partial charge in [0.05, 0.1) is 17.0 Å². The van der Waals surface area contributed by atoms with Gasteiger partial charge >= 0.3 is 0 Å². The average Bonchev–Trinajstić information content (AvgIpc) is 3.02. The van der Waals surface area contributed by atoms with E-state index in [4.69, 9.17) is 16.0 Å². The Kier molecular flexibility index (Phi) is 4.95. The van der Waals surface area contributed by atoms with Crippen LogP contribution < -0.4 is 5.43 Å². The summed E-state index contributed by atoms with van der Waals surface area (Å²) in [4.78, 5) is 28.7. The van der Waals surface area contributed by atoms with Crippen molar-refractivity contribution in [2.24, 2.45) is 0 Å². The van der Waals surface area contributed by atoms with Crippen LogP contribution in [0.25, 0.3) is 11.0 Å². The van der Waals surface area contributed by atoms with E-state index in [-0.39, 0.29) is 17.1 Å². The van der Waals surface area contributed by atoms with Crippen LogP contribution in [0.5, 0.6) is 0 Å². The van der Waals surface area contributed by atoms with Crippen LogP contribution in [0.2, 0.25) is 5.02 Å². The number of fused-ring (bicyclic) bond motifs is 2. The molecule has 154 valence electrons. The van der Waals surface area contributed by atoms with E-state index in [0.717, 1.165) is 21.2 Å². The molecule has 0 fully saturated rings. The van der Waals surface area contributed by atoms with E-state index < -0.39 is 6.04 Å². The minimum atomic E-state index is -0.555. The second-order valence-corrected chi connectivity index (χ2v) is 9.04. The molecule has 6 heteroatoms. The van der Waals surface area contributed by atoms with Gasteiger partial charge in [0.15, 0.2) is 5.43 Å². The van der Waals surface area contributed by atoms with E-state index in [2.05, 4.69) is 15.9 Å². The molecule has 0 saturated heterocycles. The average molecular weight is 495 g/mol. The lowest BCUT2D eigenvalue weighted by Gasteiger charge is -2.25. The Morgan fingerprint density at radius 1 is 1.03 bits per heavy atom. The number of hydrogen-bond acceptors (Lipinski definition) is 3. The monoisotopic (exact) mass is 493 g/mol. The molecule has 3 aromatic carbocycles. The fourth-order valence-corrected chi connectivity index (χ4v) is 4.66. The maximum Gasteiger partial charge on any atom is 0.291 e. The molecule has 0 bridgehead atoms. The number of nitrogens with zero attached hydrogens (tertiary/aromatic N) is 1. The van der Waals surface area contributed by atoms with Crippen LogP contribution in [0.3, 0.4) is 0 Å². The molecule has 0 aliphatic carbocycles. The minimum absolute atomic E-state index is 0.0944. The van der Waals surface area contributed by atoms with Crippen LogP contribution in [0, 0.1) is 6.92 Å². The lowest BCUT2D eigenvalue weighted by atomic mass is 9.98. The van der Waals surface area contributed by atoms with Crippen molar-refractivity contribution in [1.82, 2.24) is 4.90 Å². The molecule has 4 nitrogen and oxygen atoms in total. The highest BCUT2D eigenvalue weighted by molar-refractivity contribution is 9.10. The lowest BCUT2D eigenvalue weighted by Crippen LogP contribution is -2.29. The Morgan fingerprint density at radius 2 is 1.81 bits per heavy atom. The maximum absolute atomic E-state index is 13.5. The maximum atomic E-state index is 13.5. The smallest absolute Gasteiger partial charge is 0.291 e. The van der Waals surface area contributed by atoms with Gasteiger partial charge in [0, 0.05) is 16.0 Å². The van der Waals surface area contributed by atoms with E-state index >= 15 is 0 Å². The summed E-state index contributed by atoms with van der Waals surface area (Å²) in [5.41, 5.74) is 3.43. The molecule has 1 aliphatic heterocycles. The molecule has 4 aromatic rings. The second-order valence-electron chi connectivity index (χ2n) is 7.69. The summed E-state index contributed by atoms with van der Waals surface area (Å²) < 4.78 is 6.83. The summed E-state index contributed by atoms with van der Waals surface area (Å²) in [6.07, 6.45) is 0. The number of hydrogen-bond donors (Lipinski definition) is 0. The largest absolute Gasteiger partial charge is 0.450 e. The van der Waals surface area contributed by atoms with Crippen molar-refractivity contribution in [1.29, 1.82) is 0 Å². The van der Waals surface area contributed by atoms with E-state index in [1.807, 2.05) is 55.5 Å². The Balaban J connectivity index is 1.73. The van der Waals surface area contributed by atoms with Gasteiger partial charge in [-0.1, -0.05) is 69.5 Å². The van der Waals surface area contributed by atoms with E-state index in [1.165, 1.54) is 0 Å². The quantitative estimate of drug-likeness (QED) is 0.338. The first kappa shape index (κ1) is 20.0. The van der Waals surface area contributed by atoms with Gasteiger partial charge < -0.3 is 9.32 Å². The molecule has 0 N–H and O–H groups in total. The van der Waals surface area contributed by atoms with Crippen LogP contribution in [-0.2, 0) is 6.54 Å². The molecule has 31 heavy (non-hydrogen) atoms. The Morgan fingerprint density at radius 3 is 2.55 bits per heavy atom. The highest BCUT2D eigenvalue weighted by atomic mass is 79.9. The van der Waals surface area contributed by atoms with Gasteiger partial charge in [-0.15, -0.1) is 0 Å². The normalized spacial score (nSPS) is 15.5. The molecule has 1 atom stereocenters. The van der Waals surface area contributed by atoms with Crippen molar-refractivity contribution >= 4 is 44.4 Å².